The van der Waals surface area contributed by atoms with Crippen molar-refractivity contribution < 1.29 is 37.0 Å². The van der Waals surface area contributed by atoms with Gasteiger partial charge in [0.05, 0.1) is 51.5 Å². The summed E-state index contributed by atoms with van der Waals surface area (Å²) in [5, 5.41) is 2.58. The van der Waals surface area contributed by atoms with Crippen molar-refractivity contribution >= 4 is 27.6 Å². The minimum absolute atomic E-state index is 0.0455. The van der Waals surface area contributed by atoms with Crippen LogP contribution in [0.5, 0.6) is 17.2 Å². The molecule has 1 N–H and O–H groups in total. The molecule has 1 aliphatic heterocycles. The fraction of sp³-hybridized carbons (Fsp3) is 0.391. The lowest BCUT2D eigenvalue weighted by Gasteiger charge is -2.36. The van der Waals surface area contributed by atoms with Gasteiger partial charge in [-0.3, -0.25) is 9.59 Å². The van der Waals surface area contributed by atoms with E-state index in [0.717, 1.165) is 5.56 Å². The normalized spacial score (nSPS) is 15.7. The summed E-state index contributed by atoms with van der Waals surface area (Å²) in [5.74, 6) is 0.337. The maximum absolute atomic E-state index is 13.8. The lowest BCUT2D eigenvalue weighted by molar-refractivity contribution is -0.141. The maximum Gasteiger partial charge on any atom is 0.307 e. The summed E-state index contributed by atoms with van der Waals surface area (Å²) in [6.45, 7) is 1.45. The molecule has 184 valence electrons. The molecule has 0 aliphatic carbocycles. The van der Waals surface area contributed by atoms with Crippen molar-refractivity contribution in [2.45, 2.75) is 30.7 Å². The molecular weight excluding hydrogens is 464 g/mol. The third kappa shape index (κ3) is 4.95. The van der Waals surface area contributed by atoms with Crippen molar-refractivity contribution in [2.75, 3.05) is 40.3 Å². The molecule has 1 heterocycles. The molecule has 0 spiro atoms. The van der Waals surface area contributed by atoms with Crippen LogP contribution in [0.2, 0.25) is 0 Å². The van der Waals surface area contributed by atoms with Crippen LogP contribution in [-0.4, -0.2) is 59.6 Å². The molecule has 0 radical (unpaired) electrons. The summed E-state index contributed by atoms with van der Waals surface area (Å²) in [6.07, 6.45) is 0.216. The third-order valence-corrected chi connectivity index (χ3v) is 7.53. The van der Waals surface area contributed by atoms with Crippen LogP contribution in [0.4, 0.5) is 5.69 Å². The summed E-state index contributed by atoms with van der Waals surface area (Å²) in [7, 11) is 1.60. The quantitative estimate of drug-likeness (QED) is 0.558. The zero-order chi connectivity index (χ0) is 25.0. The highest BCUT2D eigenvalue weighted by molar-refractivity contribution is 7.89. The average molecular weight is 493 g/mol. The van der Waals surface area contributed by atoms with Gasteiger partial charge < -0.3 is 24.3 Å². The first-order valence-electron chi connectivity index (χ1n) is 10.4. The Morgan fingerprint density at radius 2 is 1.65 bits per heavy atom. The number of benzene rings is 2. The van der Waals surface area contributed by atoms with Crippen LogP contribution in [0.1, 0.15) is 30.5 Å². The Balaban J connectivity index is 2.12. The number of anilines is 1. The number of amides is 1. The van der Waals surface area contributed by atoms with E-state index < -0.39 is 22.0 Å². The van der Waals surface area contributed by atoms with Crippen LogP contribution in [0.3, 0.4) is 0 Å². The summed E-state index contributed by atoms with van der Waals surface area (Å²) in [6, 6.07) is 6.88. The molecule has 1 unspecified atom stereocenters. The lowest BCUT2D eigenvalue weighted by Crippen LogP contribution is -2.41. The molecular formula is C23H28N2O8S. The van der Waals surface area contributed by atoms with Crippen LogP contribution in [0.15, 0.2) is 35.2 Å². The van der Waals surface area contributed by atoms with E-state index in [1.54, 1.807) is 12.1 Å². The van der Waals surface area contributed by atoms with Gasteiger partial charge in [0.15, 0.2) is 11.5 Å². The monoisotopic (exact) mass is 492 g/mol. The molecule has 2 aromatic carbocycles. The number of rotatable bonds is 8. The smallest absolute Gasteiger partial charge is 0.307 e. The molecule has 0 bridgehead atoms. The van der Waals surface area contributed by atoms with Crippen molar-refractivity contribution in [3.05, 3.63) is 41.5 Å². The number of fused-ring (bicyclic) bond motifs is 1. The molecule has 1 atom stereocenters. The highest BCUT2D eigenvalue weighted by atomic mass is 32.2. The van der Waals surface area contributed by atoms with Crippen molar-refractivity contribution in [1.29, 1.82) is 0 Å². The topological polar surface area (TPSA) is 120 Å². The Morgan fingerprint density at radius 3 is 2.24 bits per heavy atom. The molecule has 10 nitrogen and oxygen atoms in total. The largest absolute Gasteiger partial charge is 0.495 e. The molecule has 0 saturated carbocycles. The van der Waals surface area contributed by atoms with E-state index in [4.69, 9.17) is 18.9 Å². The number of nitrogens with zero attached hydrogens (tertiary/aromatic N) is 1. The molecule has 2 aromatic rings. The van der Waals surface area contributed by atoms with Crippen LogP contribution in [-0.2, 0) is 30.8 Å². The second-order valence-corrected chi connectivity index (χ2v) is 9.50. The fourth-order valence-corrected chi connectivity index (χ4v) is 5.65. The van der Waals surface area contributed by atoms with Gasteiger partial charge in [0.1, 0.15) is 5.75 Å². The predicted octanol–water partition coefficient (Wildman–Crippen LogP) is 2.52. The Bertz CT molecular complexity index is 1200. The van der Waals surface area contributed by atoms with Crippen molar-refractivity contribution in [3.63, 3.8) is 0 Å². The SMILES string of the molecule is COC(=O)CC1c2cc(OC)c(OC)cc2CCN1S(=O)(=O)c1ccc(OC)c(NC(C)=O)c1. The molecule has 3 rings (SSSR count). The van der Waals surface area contributed by atoms with Crippen LogP contribution >= 0.6 is 0 Å². The number of carbonyl (C=O) groups is 2. The summed E-state index contributed by atoms with van der Waals surface area (Å²) >= 11 is 0. The number of hydrogen-bond acceptors (Lipinski definition) is 8. The zero-order valence-corrected chi connectivity index (χ0v) is 20.5. The number of sulfonamides is 1. The minimum atomic E-state index is -4.08. The van der Waals surface area contributed by atoms with Gasteiger partial charge >= 0.3 is 5.97 Å². The summed E-state index contributed by atoms with van der Waals surface area (Å²) < 4.78 is 49.6. The summed E-state index contributed by atoms with van der Waals surface area (Å²) in [5.41, 5.74) is 1.71. The van der Waals surface area contributed by atoms with E-state index in [1.807, 2.05) is 0 Å². The van der Waals surface area contributed by atoms with Gasteiger partial charge in [0.25, 0.3) is 0 Å². The number of hydrogen-bond donors (Lipinski definition) is 1. The van der Waals surface area contributed by atoms with Crippen molar-refractivity contribution in [3.8, 4) is 17.2 Å². The van der Waals surface area contributed by atoms with Gasteiger partial charge in [-0.25, -0.2) is 8.42 Å². The van der Waals surface area contributed by atoms with E-state index >= 15 is 0 Å². The van der Waals surface area contributed by atoms with E-state index in [9.17, 15) is 18.0 Å². The Kier molecular flexibility index (Phi) is 7.68. The Labute approximate surface area is 198 Å². The first-order valence-corrected chi connectivity index (χ1v) is 11.9. The van der Waals surface area contributed by atoms with E-state index in [2.05, 4.69) is 5.32 Å². The number of nitrogens with one attached hydrogen (secondary N) is 1. The number of esters is 1. The minimum Gasteiger partial charge on any atom is -0.495 e. The van der Waals surface area contributed by atoms with Gasteiger partial charge in [0, 0.05) is 13.5 Å². The number of ether oxygens (including phenoxy) is 4. The van der Waals surface area contributed by atoms with Crippen LogP contribution in [0, 0.1) is 0 Å². The number of methoxy groups -OCH3 is 4. The molecule has 34 heavy (non-hydrogen) atoms. The second-order valence-electron chi connectivity index (χ2n) is 7.61. The Hall–Kier alpha value is -3.31. The van der Waals surface area contributed by atoms with Crippen LogP contribution in [0.25, 0.3) is 0 Å². The highest BCUT2D eigenvalue weighted by Crippen LogP contribution is 2.42. The Morgan fingerprint density at radius 1 is 1.00 bits per heavy atom. The fourth-order valence-electron chi connectivity index (χ4n) is 4.02. The van der Waals surface area contributed by atoms with Gasteiger partial charge in [-0.1, -0.05) is 0 Å². The van der Waals surface area contributed by atoms with Crippen molar-refractivity contribution in [1.82, 2.24) is 4.31 Å². The molecule has 0 aromatic heterocycles. The third-order valence-electron chi connectivity index (χ3n) is 5.63. The molecule has 1 amide bonds. The van der Waals surface area contributed by atoms with Gasteiger partial charge in [-0.2, -0.15) is 4.31 Å². The van der Waals surface area contributed by atoms with E-state index in [-0.39, 0.29) is 29.5 Å². The first kappa shape index (κ1) is 25.3. The molecule has 1 aliphatic rings. The highest BCUT2D eigenvalue weighted by Gasteiger charge is 2.39. The lowest BCUT2D eigenvalue weighted by atomic mass is 9.91. The van der Waals surface area contributed by atoms with Crippen molar-refractivity contribution in [2.24, 2.45) is 0 Å². The molecule has 11 heteroatoms. The van der Waals surface area contributed by atoms with Gasteiger partial charge in [-0.05, 0) is 47.9 Å². The maximum atomic E-state index is 13.8. The predicted molar refractivity (Wildman–Crippen MR) is 124 cm³/mol. The van der Waals surface area contributed by atoms with Gasteiger partial charge in [0.2, 0.25) is 15.9 Å². The standard InChI is InChI=1S/C23H28N2O8S/c1-14(26)24-18-11-16(6-7-20(18)30-2)34(28,29)25-9-8-15-10-21(31-3)22(32-4)12-17(15)19(25)13-23(27)33-5/h6-7,10-12,19H,8-9,13H2,1-5H3,(H,24,26). The van der Waals surface area contributed by atoms with E-state index in [1.165, 1.54) is 57.9 Å². The van der Waals surface area contributed by atoms with Crippen LogP contribution < -0.4 is 19.5 Å². The zero-order valence-electron chi connectivity index (χ0n) is 19.7. The van der Waals surface area contributed by atoms with E-state index in [0.29, 0.717) is 29.2 Å². The summed E-state index contributed by atoms with van der Waals surface area (Å²) in [4.78, 5) is 23.8. The first-order chi connectivity index (χ1) is 16.2. The number of carbonyl (C=O) groups excluding carboxylic acids is 2. The molecule has 0 saturated heterocycles. The van der Waals surface area contributed by atoms with Gasteiger partial charge in [-0.15, -0.1) is 0 Å². The second kappa shape index (κ2) is 10.3. The average Bonchev–Trinajstić information content (AvgIpc) is 2.82. The molecule has 0 fully saturated rings.